The summed E-state index contributed by atoms with van der Waals surface area (Å²) in [6, 6.07) is 5.73. The van der Waals surface area contributed by atoms with Crippen LogP contribution in [0, 0.1) is 0 Å². The number of aromatic nitrogens is 1. The van der Waals surface area contributed by atoms with Crippen molar-refractivity contribution in [3.8, 4) is 0 Å². The van der Waals surface area contributed by atoms with E-state index < -0.39 is 17.8 Å². The Kier molecular flexibility index (Phi) is 4.99. The lowest BCUT2D eigenvalue weighted by molar-refractivity contribution is -0.140. The van der Waals surface area contributed by atoms with Gasteiger partial charge in [-0.1, -0.05) is 6.07 Å². The molecule has 2 aromatic rings. The molecule has 0 bridgehead atoms. The van der Waals surface area contributed by atoms with E-state index in [0.717, 1.165) is 16.7 Å². The second-order valence-corrected chi connectivity index (χ2v) is 6.93. The van der Waals surface area contributed by atoms with Crippen LogP contribution < -0.4 is 0 Å². The Morgan fingerprint density at radius 2 is 2.00 bits per heavy atom. The van der Waals surface area contributed by atoms with Crippen LogP contribution in [-0.4, -0.2) is 40.0 Å². The van der Waals surface area contributed by atoms with Crippen LogP contribution in [0.2, 0.25) is 0 Å². The normalized spacial score (nSPS) is 18.0. The highest BCUT2D eigenvalue weighted by atomic mass is 32.1. The van der Waals surface area contributed by atoms with Crippen molar-refractivity contribution in [1.29, 1.82) is 0 Å². The van der Waals surface area contributed by atoms with Crippen LogP contribution in [0.5, 0.6) is 0 Å². The third-order valence-corrected chi connectivity index (χ3v) is 5.23. The molecule has 1 amide bonds. The molecule has 9 heteroatoms. The molecule has 1 unspecified atom stereocenters. The first kappa shape index (κ1) is 18.4. The molecule has 5 nitrogen and oxygen atoms in total. The number of piperidine rings is 1. The van der Waals surface area contributed by atoms with Crippen LogP contribution in [0.4, 0.5) is 13.2 Å². The molecule has 1 N–H and O–H groups in total. The van der Waals surface area contributed by atoms with Crippen LogP contribution >= 0.6 is 11.3 Å². The minimum atomic E-state index is -4.48. The van der Waals surface area contributed by atoms with Crippen molar-refractivity contribution in [1.82, 2.24) is 9.88 Å². The van der Waals surface area contributed by atoms with E-state index in [1.807, 2.05) is 0 Å². The zero-order valence-electron chi connectivity index (χ0n) is 13.5. The summed E-state index contributed by atoms with van der Waals surface area (Å²) in [4.78, 5) is 28.9. The molecular weight excluding hydrogens is 369 g/mol. The van der Waals surface area contributed by atoms with Crippen LogP contribution in [0.15, 0.2) is 29.6 Å². The van der Waals surface area contributed by atoms with Gasteiger partial charge in [0.15, 0.2) is 5.69 Å². The van der Waals surface area contributed by atoms with Gasteiger partial charge in [0.1, 0.15) is 0 Å². The summed E-state index contributed by atoms with van der Waals surface area (Å²) in [6.07, 6.45) is -3.17. The number of carbonyl (C=O) groups is 2. The van der Waals surface area contributed by atoms with Crippen molar-refractivity contribution in [2.45, 2.75) is 24.9 Å². The Balaban J connectivity index is 1.76. The molecule has 138 valence electrons. The zero-order chi connectivity index (χ0) is 18.9. The average molecular weight is 384 g/mol. The number of likely N-dealkylation sites (tertiary alicyclic amines) is 1. The molecule has 1 atom stereocenters. The average Bonchev–Trinajstić information content (AvgIpc) is 3.12. The number of benzene rings is 1. The number of nitrogens with zero attached hydrogens (tertiary/aromatic N) is 2. The van der Waals surface area contributed by atoms with E-state index in [9.17, 15) is 22.8 Å². The monoisotopic (exact) mass is 384 g/mol. The number of hydrogen-bond donors (Lipinski definition) is 1. The molecule has 0 spiro atoms. The van der Waals surface area contributed by atoms with Gasteiger partial charge in [-0.05, 0) is 31.0 Å². The topological polar surface area (TPSA) is 70.5 Å². The van der Waals surface area contributed by atoms with E-state index in [-0.39, 0.29) is 29.5 Å². The highest BCUT2D eigenvalue weighted by Crippen LogP contribution is 2.35. The summed E-state index contributed by atoms with van der Waals surface area (Å²) in [5.41, 5.74) is -0.644. The van der Waals surface area contributed by atoms with Gasteiger partial charge in [0.25, 0.3) is 5.91 Å². The SMILES string of the molecule is O=C(O)c1cccc(C(=O)N2CCCC(c3nc(C(F)(F)F)cs3)C2)c1. The predicted octanol–water partition coefficient (Wildman–Crippen LogP) is 3.88. The molecule has 1 aliphatic heterocycles. The lowest BCUT2D eigenvalue weighted by atomic mass is 9.97. The van der Waals surface area contributed by atoms with E-state index in [4.69, 9.17) is 5.11 Å². The number of aromatic carboxylic acids is 1. The number of carboxylic acid groups (broad SMARTS) is 1. The number of carboxylic acids is 1. The van der Waals surface area contributed by atoms with Crippen molar-refractivity contribution >= 4 is 23.2 Å². The van der Waals surface area contributed by atoms with Crippen molar-refractivity contribution in [2.75, 3.05) is 13.1 Å². The standard InChI is InChI=1S/C17H15F3N2O3S/c18-17(19,20)13-9-26-14(21-13)12-5-2-6-22(8-12)15(23)10-3-1-4-11(7-10)16(24)25/h1,3-4,7,9,12H,2,5-6,8H2,(H,24,25). The number of hydrogen-bond acceptors (Lipinski definition) is 4. The number of thiazole rings is 1. The summed E-state index contributed by atoms with van der Waals surface area (Å²) < 4.78 is 38.2. The molecule has 1 aromatic heterocycles. The molecule has 0 aliphatic carbocycles. The lowest BCUT2D eigenvalue weighted by Gasteiger charge is -2.32. The minimum absolute atomic E-state index is 0.0131. The third kappa shape index (κ3) is 3.87. The van der Waals surface area contributed by atoms with Crippen LogP contribution in [0.3, 0.4) is 0 Å². The molecular formula is C17H15F3N2O3S. The second-order valence-electron chi connectivity index (χ2n) is 6.05. The Labute approximate surface area is 151 Å². The van der Waals surface area contributed by atoms with Crippen LogP contribution in [0.1, 0.15) is 50.2 Å². The summed E-state index contributed by atoms with van der Waals surface area (Å²) in [6.45, 7) is 0.741. The lowest BCUT2D eigenvalue weighted by Crippen LogP contribution is -2.39. The van der Waals surface area contributed by atoms with Gasteiger partial charge in [0.2, 0.25) is 0 Å². The maximum Gasteiger partial charge on any atom is 0.434 e. The van der Waals surface area contributed by atoms with Gasteiger partial charge in [0.05, 0.1) is 10.6 Å². The predicted molar refractivity (Wildman–Crippen MR) is 88.4 cm³/mol. The molecule has 1 aliphatic rings. The fraction of sp³-hybridized carbons (Fsp3) is 0.353. The Bertz CT molecular complexity index is 835. The highest BCUT2D eigenvalue weighted by molar-refractivity contribution is 7.09. The number of rotatable bonds is 3. The maximum absolute atomic E-state index is 12.7. The maximum atomic E-state index is 12.7. The van der Waals surface area contributed by atoms with Gasteiger partial charge in [-0.3, -0.25) is 4.79 Å². The molecule has 0 saturated carbocycles. The first-order valence-electron chi connectivity index (χ1n) is 7.91. The van der Waals surface area contributed by atoms with Gasteiger partial charge < -0.3 is 10.0 Å². The Hall–Kier alpha value is -2.42. The molecule has 0 radical (unpaired) electrons. The number of carbonyl (C=O) groups excluding carboxylic acids is 1. The number of amides is 1. The summed E-state index contributed by atoms with van der Waals surface area (Å²) in [5, 5.41) is 10.4. The Morgan fingerprint density at radius 3 is 2.65 bits per heavy atom. The largest absolute Gasteiger partial charge is 0.478 e. The summed E-state index contributed by atoms with van der Waals surface area (Å²) in [5.74, 6) is -1.71. The van der Waals surface area contributed by atoms with E-state index in [1.165, 1.54) is 24.3 Å². The van der Waals surface area contributed by atoms with E-state index in [0.29, 0.717) is 24.4 Å². The second kappa shape index (κ2) is 7.06. The molecule has 3 rings (SSSR count). The number of alkyl halides is 3. The van der Waals surface area contributed by atoms with Gasteiger partial charge >= 0.3 is 12.1 Å². The van der Waals surface area contributed by atoms with Crippen LogP contribution in [0.25, 0.3) is 0 Å². The third-order valence-electron chi connectivity index (χ3n) is 4.23. The van der Waals surface area contributed by atoms with E-state index >= 15 is 0 Å². The van der Waals surface area contributed by atoms with Crippen molar-refractivity contribution in [2.24, 2.45) is 0 Å². The smallest absolute Gasteiger partial charge is 0.434 e. The van der Waals surface area contributed by atoms with E-state index in [1.54, 1.807) is 4.90 Å². The van der Waals surface area contributed by atoms with Crippen molar-refractivity contribution in [3.63, 3.8) is 0 Å². The van der Waals surface area contributed by atoms with Gasteiger partial charge in [-0.15, -0.1) is 11.3 Å². The quantitative estimate of drug-likeness (QED) is 0.872. The fourth-order valence-electron chi connectivity index (χ4n) is 2.94. The first-order valence-corrected chi connectivity index (χ1v) is 8.79. The first-order chi connectivity index (χ1) is 12.3. The molecule has 1 saturated heterocycles. The Morgan fingerprint density at radius 1 is 1.27 bits per heavy atom. The molecule has 1 aromatic carbocycles. The number of halogens is 3. The van der Waals surface area contributed by atoms with Crippen molar-refractivity contribution < 1.29 is 27.9 Å². The van der Waals surface area contributed by atoms with Crippen LogP contribution in [-0.2, 0) is 6.18 Å². The summed E-state index contributed by atoms with van der Waals surface area (Å²) >= 11 is 0.952. The summed E-state index contributed by atoms with van der Waals surface area (Å²) in [7, 11) is 0. The molecule has 26 heavy (non-hydrogen) atoms. The zero-order valence-corrected chi connectivity index (χ0v) is 14.3. The highest BCUT2D eigenvalue weighted by Gasteiger charge is 2.35. The van der Waals surface area contributed by atoms with Gasteiger partial charge in [-0.25, -0.2) is 9.78 Å². The van der Waals surface area contributed by atoms with Gasteiger partial charge in [-0.2, -0.15) is 13.2 Å². The van der Waals surface area contributed by atoms with E-state index in [2.05, 4.69) is 4.98 Å². The molecule has 1 fully saturated rings. The molecule has 2 heterocycles. The van der Waals surface area contributed by atoms with Crippen molar-refractivity contribution in [3.05, 3.63) is 51.5 Å². The van der Waals surface area contributed by atoms with Gasteiger partial charge in [0, 0.05) is 30.0 Å². The fourth-order valence-corrected chi connectivity index (χ4v) is 3.89. The minimum Gasteiger partial charge on any atom is -0.478 e.